The van der Waals surface area contributed by atoms with E-state index in [1.165, 1.54) is 39.8 Å². The molecule has 8 aliphatic rings. The summed E-state index contributed by atoms with van der Waals surface area (Å²) < 4.78 is 54.1. The van der Waals surface area contributed by atoms with Gasteiger partial charge in [-0.15, -0.1) is 0 Å². The third kappa shape index (κ3) is 12.9. The number of aliphatic hydroxyl groups is 12. The van der Waals surface area contributed by atoms with Crippen LogP contribution in [0.25, 0.3) is 0 Å². The molecule has 0 aromatic carbocycles. The highest BCUT2D eigenvalue weighted by Crippen LogP contribution is 2.76. The minimum absolute atomic E-state index is 0.0443. The van der Waals surface area contributed by atoms with E-state index in [1.807, 2.05) is 27.7 Å². The van der Waals surface area contributed by atoms with Crippen molar-refractivity contribution in [2.45, 2.75) is 270 Å². The first-order valence-corrected chi connectivity index (χ1v) is 32.1. The molecule has 7 fully saturated rings. The van der Waals surface area contributed by atoms with Gasteiger partial charge in [0.05, 0.1) is 49.1 Å². The number of fused-ring (bicyclic) bond motifs is 7. The Bertz CT molecular complexity index is 2710. The van der Waals surface area contributed by atoms with Crippen molar-refractivity contribution in [3.8, 4) is 0 Å². The highest BCUT2D eigenvalue weighted by atomic mass is 16.8. The molecule has 91 heavy (non-hydrogen) atoms. The average Bonchev–Trinajstić information content (AvgIpc) is 0.907. The predicted molar refractivity (Wildman–Crippen MR) is 317 cm³/mol. The van der Waals surface area contributed by atoms with Crippen molar-refractivity contribution < 1.29 is 128 Å². The number of carboxylic acid groups (broad SMARTS) is 1. The summed E-state index contributed by atoms with van der Waals surface area (Å²) >= 11 is 0. The normalized spacial score (nSPS) is 45.1. The third-order valence-corrected chi connectivity index (χ3v) is 23.6. The van der Waals surface area contributed by atoms with Gasteiger partial charge in [0.1, 0.15) is 67.6 Å². The lowest BCUT2D eigenvalue weighted by Crippen LogP contribution is -2.71. The Labute approximate surface area is 531 Å². The maximum Gasteiger partial charge on any atom is 0.335 e. The molecule has 0 aromatic rings. The van der Waals surface area contributed by atoms with Gasteiger partial charge in [-0.05, 0) is 137 Å². The molecule has 8 rings (SSSR count). The van der Waals surface area contributed by atoms with E-state index in [4.69, 9.17) is 42.6 Å². The Morgan fingerprint density at radius 1 is 0.670 bits per heavy atom. The Morgan fingerprint density at radius 2 is 1.22 bits per heavy atom. The number of carbonyl (C=O) groups is 4. The molecule has 26 heteroatoms. The van der Waals surface area contributed by atoms with Crippen LogP contribution in [-0.4, -0.2) is 239 Å². The van der Waals surface area contributed by atoms with Gasteiger partial charge in [-0.1, -0.05) is 72.3 Å². The minimum atomic E-state index is -2.13. The van der Waals surface area contributed by atoms with Gasteiger partial charge in [0.15, 0.2) is 37.2 Å². The van der Waals surface area contributed by atoms with Gasteiger partial charge < -0.3 is 109 Å². The van der Waals surface area contributed by atoms with E-state index in [2.05, 4.69) is 26.8 Å². The molecular weight excluding hydrogens is 1200 g/mol. The van der Waals surface area contributed by atoms with Crippen molar-refractivity contribution in [2.24, 2.45) is 56.2 Å². The topological polar surface area (TPSA) is 414 Å². The van der Waals surface area contributed by atoms with Crippen LogP contribution in [0.2, 0.25) is 0 Å². The molecule has 4 saturated carbocycles. The van der Waals surface area contributed by atoms with Crippen LogP contribution in [0.15, 0.2) is 34.9 Å². The molecule has 3 aliphatic heterocycles. The van der Waals surface area contributed by atoms with E-state index in [0.29, 0.717) is 38.5 Å². The fraction of sp³-hybridized carbons (Fsp3) is 0.846. The number of allylic oxidation sites excluding steroid dienone is 4. The lowest BCUT2D eigenvalue weighted by atomic mass is 9.32. The molecule has 26 nitrogen and oxygen atoms in total. The van der Waals surface area contributed by atoms with Crippen LogP contribution in [0.3, 0.4) is 0 Å². The van der Waals surface area contributed by atoms with Gasteiger partial charge in [0.2, 0.25) is 0 Å². The summed E-state index contributed by atoms with van der Waals surface area (Å²) in [5.74, 6) is -5.57. The molecular formula is C65H102O26. The molecule has 0 radical (unpaired) electrons. The van der Waals surface area contributed by atoms with Crippen molar-refractivity contribution in [3.63, 3.8) is 0 Å². The number of ether oxygens (including phenoxy) is 9. The average molecular weight is 1300 g/mol. The Hall–Kier alpha value is -3.62. The summed E-state index contributed by atoms with van der Waals surface area (Å²) in [5.41, 5.74) is -3.47. The third-order valence-electron chi connectivity index (χ3n) is 23.6. The first-order chi connectivity index (χ1) is 42.4. The zero-order valence-electron chi connectivity index (χ0n) is 54.6. The first-order valence-electron chi connectivity index (χ1n) is 32.1. The van der Waals surface area contributed by atoms with E-state index in [9.17, 15) is 85.6 Å². The monoisotopic (exact) mass is 1300 g/mol. The van der Waals surface area contributed by atoms with E-state index < -0.39 is 210 Å². The SMILES string of the molecule is C/C=C(/C)C(=O)OC(C(C)O)C(OC(=O)/C(C)=C\C)C(O)C[C@H]1[C@H](O)[C@@]2(COC(C)=O)C(CC1(C)C)C1=CCC3[C@@]4(C)CC[C@H](OC5OC(C(=O)O)C(O)C(OC6OC(CO)C(O)C6O)C5OC5OC(CO)C(O)C(O)C5O)C(C)(C)C4CC[C@@]3(C)[C@]1(C)C[C@H]2O. The van der Waals surface area contributed by atoms with Gasteiger partial charge >= 0.3 is 23.9 Å². The molecule has 0 spiro atoms. The van der Waals surface area contributed by atoms with E-state index in [1.54, 1.807) is 13.8 Å². The summed E-state index contributed by atoms with van der Waals surface area (Å²) in [5, 5.41) is 146. The van der Waals surface area contributed by atoms with Gasteiger partial charge in [0.25, 0.3) is 0 Å². The van der Waals surface area contributed by atoms with Crippen LogP contribution in [-0.2, 0) is 61.8 Å². The largest absolute Gasteiger partial charge is 0.479 e. The number of carboxylic acids is 1. The minimum Gasteiger partial charge on any atom is -0.479 e. The predicted octanol–water partition coefficient (Wildman–Crippen LogP) is 0.972. The molecule has 29 atom stereocenters. The number of aliphatic hydroxyl groups excluding tert-OH is 12. The molecule has 0 amide bonds. The number of hydrogen-bond donors (Lipinski definition) is 13. The lowest BCUT2D eigenvalue weighted by molar-refractivity contribution is -0.386. The summed E-state index contributed by atoms with van der Waals surface area (Å²) in [7, 11) is 0. The second-order valence-corrected chi connectivity index (χ2v) is 29.3. The molecule has 3 saturated heterocycles. The molecule has 21 unspecified atom stereocenters. The molecule has 0 bridgehead atoms. The van der Waals surface area contributed by atoms with Gasteiger partial charge in [0, 0.05) is 18.1 Å². The number of esters is 3. The van der Waals surface area contributed by atoms with Gasteiger partial charge in [-0.25, -0.2) is 14.4 Å². The second kappa shape index (κ2) is 27.5. The van der Waals surface area contributed by atoms with Gasteiger partial charge in [-0.2, -0.15) is 0 Å². The Morgan fingerprint density at radius 3 is 1.76 bits per heavy atom. The molecule has 0 aromatic heterocycles. The second-order valence-electron chi connectivity index (χ2n) is 29.3. The van der Waals surface area contributed by atoms with E-state index >= 15 is 0 Å². The maximum atomic E-state index is 13.5. The number of hydrogen-bond acceptors (Lipinski definition) is 25. The highest BCUT2D eigenvalue weighted by molar-refractivity contribution is 5.88. The van der Waals surface area contributed by atoms with Crippen molar-refractivity contribution in [3.05, 3.63) is 34.9 Å². The van der Waals surface area contributed by atoms with Crippen LogP contribution >= 0.6 is 0 Å². The summed E-state index contributed by atoms with van der Waals surface area (Å²) in [4.78, 5) is 52.6. The number of aliphatic carboxylic acids is 1. The van der Waals surface area contributed by atoms with Crippen LogP contribution in [0.1, 0.15) is 141 Å². The standard InChI is InChI=1S/C65H102O26/c1-14-28(3)55(81)87-48(30(5)68)49(88-56(82)29(4)15-2)35(70)22-33-53(78)65(27-83-31(6)69)34(23-60(33,7)8)32-16-17-39-62(11)20-19-41(61(9,10)38(62)18-21-63(39,12)64(32,13)24-40(65)71)86-59-52(91-58-46(76)44(74)42(72)36(25-66)84-58)50(47(77)51(90-59)54(79)80)89-57-45(75)43(73)37(26-67)85-57/h14-16,30,33-53,57-59,66-68,70-78H,17-27H2,1-13H3,(H,79,80)/b28-14-,29-15-/t30?,33-,34?,35?,36?,37?,38?,39?,40+,41-,42?,43?,44?,45?,46?,47?,48?,49?,50?,51?,52?,53-,57?,58?,59?,62-,63+,64+,65-/m0/s1. The maximum absolute atomic E-state index is 13.5. The van der Waals surface area contributed by atoms with Crippen LogP contribution < -0.4 is 0 Å². The van der Waals surface area contributed by atoms with E-state index in [0.717, 1.165) is 5.57 Å². The molecule has 5 aliphatic carbocycles. The fourth-order valence-corrected chi connectivity index (χ4v) is 17.8. The zero-order chi connectivity index (χ0) is 67.7. The quantitative estimate of drug-likeness (QED) is 0.0265. The summed E-state index contributed by atoms with van der Waals surface area (Å²) in [6.45, 7) is 21.5. The molecule has 3 heterocycles. The van der Waals surface area contributed by atoms with E-state index in [-0.39, 0.29) is 42.4 Å². The summed E-state index contributed by atoms with van der Waals surface area (Å²) in [6, 6.07) is 0. The number of carbonyl (C=O) groups excluding carboxylic acids is 3. The Balaban J connectivity index is 1.11. The van der Waals surface area contributed by atoms with Crippen molar-refractivity contribution in [1.82, 2.24) is 0 Å². The van der Waals surface area contributed by atoms with Crippen molar-refractivity contribution in [1.29, 1.82) is 0 Å². The van der Waals surface area contributed by atoms with Crippen LogP contribution in [0, 0.1) is 56.2 Å². The first kappa shape index (κ1) is 73.2. The number of rotatable bonds is 20. The van der Waals surface area contributed by atoms with Crippen LogP contribution in [0.4, 0.5) is 0 Å². The zero-order valence-corrected chi connectivity index (χ0v) is 54.6. The van der Waals surface area contributed by atoms with Crippen molar-refractivity contribution in [2.75, 3.05) is 19.8 Å². The smallest absolute Gasteiger partial charge is 0.335 e. The van der Waals surface area contributed by atoms with Crippen molar-refractivity contribution >= 4 is 23.9 Å². The highest BCUT2D eigenvalue weighted by Gasteiger charge is 2.73. The summed E-state index contributed by atoms with van der Waals surface area (Å²) in [6.07, 6.45) is -27.2. The Kier molecular flexibility index (Phi) is 22.1. The fourth-order valence-electron chi connectivity index (χ4n) is 17.8. The van der Waals surface area contributed by atoms with Gasteiger partial charge in [-0.3, -0.25) is 4.79 Å². The van der Waals surface area contributed by atoms with Crippen LogP contribution in [0.5, 0.6) is 0 Å². The molecule has 13 N–H and O–H groups in total. The lowest BCUT2D eigenvalue weighted by Gasteiger charge is -2.73. The molecule has 518 valence electrons.